The second-order valence-corrected chi connectivity index (χ2v) is 6.25. The predicted molar refractivity (Wildman–Crippen MR) is 72.7 cm³/mol. The number of amides is 1. The summed E-state index contributed by atoms with van der Waals surface area (Å²) in [5.41, 5.74) is -0.509. The second kappa shape index (κ2) is 5.38. The quantitative estimate of drug-likeness (QED) is 0.754. The summed E-state index contributed by atoms with van der Waals surface area (Å²) in [6.07, 6.45) is -0.352. The third kappa shape index (κ3) is 2.74. The molecule has 100 valence electrons. The molecule has 2 atom stereocenters. The zero-order chi connectivity index (χ0) is 13.2. The molecular formula is C13H20N2O2S. The zero-order valence-corrected chi connectivity index (χ0v) is 11.6. The van der Waals surface area contributed by atoms with Gasteiger partial charge in [0, 0.05) is 30.4 Å². The number of aliphatic hydroxyl groups is 1. The van der Waals surface area contributed by atoms with Crippen LogP contribution in [0.5, 0.6) is 0 Å². The smallest absolute Gasteiger partial charge is 0.230 e. The summed E-state index contributed by atoms with van der Waals surface area (Å²) in [6.45, 7) is 5.77. The standard InChI is InChI=1S/C13H20N2O2S/c1-13(2,11-4-3-5-18-11)12(17)15-7-9-6-14-8-10(9)16/h3-5,9-10,14,16H,6-8H2,1-2H3,(H,15,17). The molecule has 1 fully saturated rings. The molecule has 1 saturated heterocycles. The first-order valence-corrected chi connectivity index (χ1v) is 7.11. The lowest BCUT2D eigenvalue weighted by molar-refractivity contribution is -0.125. The number of carbonyl (C=O) groups is 1. The summed E-state index contributed by atoms with van der Waals surface area (Å²) in [7, 11) is 0. The largest absolute Gasteiger partial charge is 0.391 e. The summed E-state index contributed by atoms with van der Waals surface area (Å²) in [4.78, 5) is 13.3. The van der Waals surface area contributed by atoms with Gasteiger partial charge < -0.3 is 15.7 Å². The van der Waals surface area contributed by atoms with E-state index in [2.05, 4.69) is 10.6 Å². The van der Waals surface area contributed by atoms with Gasteiger partial charge in [-0.1, -0.05) is 6.07 Å². The van der Waals surface area contributed by atoms with Crippen molar-refractivity contribution in [1.29, 1.82) is 0 Å². The van der Waals surface area contributed by atoms with Crippen LogP contribution in [0.4, 0.5) is 0 Å². The molecule has 2 unspecified atom stereocenters. The summed E-state index contributed by atoms with van der Waals surface area (Å²) >= 11 is 1.59. The van der Waals surface area contributed by atoms with Gasteiger partial charge in [0.2, 0.25) is 5.91 Å². The molecule has 18 heavy (non-hydrogen) atoms. The van der Waals surface area contributed by atoms with E-state index in [1.54, 1.807) is 11.3 Å². The van der Waals surface area contributed by atoms with Gasteiger partial charge in [0.05, 0.1) is 11.5 Å². The van der Waals surface area contributed by atoms with Crippen molar-refractivity contribution >= 4 is 17.2 Å². The van der Waals surface area contributed by atoms with Crippen LogP contribution in [0.25, 0.3) is 0 Å². The number of carbonyl (C=O) groups excluding carboxylic acids is 1. The van der Waals surface area contributed by atoms with Crippen molar-refractivity contribution in [2.24, 2.45) is 5.92 Å². The Morgan fingerprint density at radius 1 is 1.61 bits per heavy atom. The van der Waals surface area contributed by atoms with Gasteiger partial charge in [0.1, 0.15) is 0 Å². The molecule has 0 bridgehead atoms. The molecule has 0 saturated carbocycles. The van der Waals surface area contributed by atoms with E-state index in [-0.39, 0.29) is 17.9 Å². The number of β-amino-alcohol motifs (C(OH)–C–C–N with tert-alkyl or cyclic N) is 1. The van der Waals surface area contributed by atoms with E-state index in [1.165, 1.54) is 0 Å². The van der Waals surface area contributed by atoms with Crippen molar-refractivity contribution in [3.05, 3.63) is 22.4 Å². The van der Waals surface area contributed by atoms with Crippen LogP contribution >= 0.6 is 11.3 Å². The maximum atomic E-state index is 12.2. The maximum Gasteiger partial charge on any atom is 0.230 e. The monoisotopic (exact) mass is 268 g/mol. The van der Waals surface area contributed by atoms with E-state index in [4.69, 9.17) is 0 Å². The minimum absolute atomic E-state index is 0.0176. The fraction of sp³-hybridized carbons (Fsp3) is 0.615. The van der Waals surface area contributed by atoms with E-state index in [0.717, 1.165) is 11.4 Å². The highest BCUT2D eigenvalue weighted by molar-refractivity contribution is 7.10. The zero-order valence-electron chi connectivity index (χ0n) is 10.8. The first kappa shape index (κ1) is 13.5. The van der Waals surface area contributed by atoms with Gasteiger partial charge in [-0.05, 0) is 25.3 Å². The lowest BCUT2D eigenvalue weighted by Crippen LogP contribution is -2.43. The Morgan fingerprint density at radius 3 is 2.94 bits per heavy atom. The Balaban J connectivity index is 1.91. The van der Waals surface area contributed by atoms with Crippen LogP contribution in [0, 0.1) is 5.92 Å². The summed E-state index contributed by atoms with van der Waals surface area (Å²) in [5, 5.41) is 17.7. The van der Waals surface area contributed by atoms with E-state index >= 15 is 0 Å². The van der Waals surface area contributed by atoms with Crippen molar-refractivity contribution in [1.82, 2.24) is 10.6 Å². The fourth-order valence-electron chi connectivity index (χ4n) is 2.12. The fourth-order valence-corrected chi connectivity index (χ4v) is 2.97. The molecular weight excluding hydrogens is 248 g/mol. The van der Waals surface area contributed by atoms with Crippen molar-refractivity contribution in [3.8, 4) is 0 Å². The minimum atomic E-state index is -0.509. The Kier molecular flexibility index (Phi) is 4.04. The molecule has 1 aromatic heterocycles. The van der Waals surface area contributed by atoms with Crippen molar-refractivity contribution in [2.45, 2.75) is 25.4 Å². The Morgan fingerprint density at radius 2 is 2.39 bits per heavy atom. The lowest BCUT2D eigenvalue weighted by Gasteiger charge is -2.24. The molecule has 0 aliphatic carbocycles. The highest BCUT2D eigenvalue weighted by Gasteiger charge is 2.32. The van der Waals surface area contributed by atoms with Crippen molar-refractivity contribution in [3.63, 3.8) is 0 Å². The number of rotatable bonds is 4. The first-order valence-electron chi connectivity index (χ1n) is 6.23. The molecule has 5 heteroatoms. The van der Waals surface area contributed by atoms with Gasteiger partial charge >= 0.3 is 0 Å². The van der Waals surface area contributed by atoms with Crippen LogP contribution in [-0.4, -0.2) is 36.8 Å². The van der Waals surface area contributed by atoms with Gasteiger partial charge in [-0.3, -0.25) is 4.79 Å². The van der Waals surface area contributed by atoms with E-state index in [1.807, 2.05) is 31.4 Å². The highest BCUT2D eigenvalue weighted by atomic mass is 32.1. The van der Waals surface area contributed by atoms with Crippen LogP contribution in [-0.2, 0) is 10.2 Å². The van der Waals surface area contributed by atoms with Crippen molar-refractivity contribution in [2.75, 3.05) is 19.6 Å². The second-order valence-electron chi connectivity index (χ2n) is 5.30. The molecule has 0 spiro atoms. The van der Waals surface area contributed by atoms with Gasteiger partial charge in [-0.25, -0.2) is 0 Å². The van der Waals surface area contributed by atoms with Crippen LogP contribution < -0.4 is 10.6 Å². The van der Waals surface area contributed by atoms with Gasteiger partial charge in [-0.2, -0.15) is 0 Å². The molecule has 1 aliphatic heterocycles. The van der Waals surface area contributed by atoms with E-state index in [9.17, 15) is 9.90 Å². The third-order valence-electron chi connectivity index (χ3n) is 3.53. The maximum absolute atomic E-state index is 12.2. The first-order chi connectivity index (χ1) is 8.51. The summed E-state index contributed by atoms with van der Waals surface area (Å²) < 4.78 is 0. The van der Waals surface area contributed by atoms with Crippen LogP contribution in [0.15, 0.2) is 17.5 Å². The predicted octanol–water partition coefficient (Wildman–Crippen LogP) is 0.722. The molecule has 1 aromatic rings. The summed E-state index contributed by atoms with van der Waals surface area (Å²) in [6, 6.07) is 3.94. The lowest BCUT2D eigenvalue weighted by atomic mass is 9.90. The van der Waals surface area contributed by atoms with E-state index in [0.29, 0.717) is 13.1 Å². The topological polar surface area (TPSA) is 61.4 Å². The van der Waals surface area contributed by atoms with Crippen LogP contribution in [0.3, 0.4) is 0 Å². The minimum Gasteiger partial charge on any atom is -0.391 e. The van der Waals surface area contributed by atoms with E-state index < -0.39 is 5.41 Å². The molecule has 1 amide bonds. The van der Waals surface area contributed by atoms with Gasteiger partial charge in [-0.15, -0.1) is 11.3 Å². The highest BCUT2D eigenvalue weighted by Crippen LogP contribution is 2.27. The number of nitrogens with one attached hydrogen (secondary N) is 2. The number of hydrogen-bond donors (Lipinski definition) is 3. The molecule has 1 aliphatic rings. The van der Waals surface area contributed by atoms with Gasteiger partial charge in [0.25, 0.3) is 0 Å². The average Bonchev–Trinajstić information content (AvgIpc) is 2.97. The molecule has 0 radical (unpaired) electrons. The molecule has 4 nitrogen and oxygen atoms in total. The third-order valence-corrected chi connectivity index (χ3v) is 4.73. The van der Waals surface area contributed by atoms with Crippen LogP contribution in [0.1, 0.15) is 18.7 Å². The average molecular weight is 268 g/mol. The number of aliphatic hydroxyl groups excluding tert-OH is 1. The summed E-state index contributed by atoms with van der Waals surface area (Å²) in [5.74, 6) is 0.136. The SMILES string of the molecule is CC(C)(C(=O)NCC1CNCC1O)c1cccs1. The normalized spacial score (nSPS) is 24.2. The molecule has 2 rings (SSSR count). The van der Waals surface area contributed by atoms with Crippen LogP contribution in [0.2, 0.25) is 0 Å². The molecule has 3 N–H and O–H groups in total. The van der Waals surface area contributed by atoms with Gasteiger partial charge in [0.15, 0.2) is 0 Å². The Bertz CT molecular complexity index is 403. The molecule has 2 heterocycles. The molecule has 0 aromatic carbocycles. The Labute approximate surface area is 111 Å². The number of thiophene rings is 1. The Hall–Kier alpha value is -0.910. The van der Waals surface area contributed by atoms with Crippen molar-refractivity contribution < 1.29 is 9.90 Å². The number of hydrogen-bond acceptors (Lipinski definition) is 4.